The summed E-state index contributed by atoms with van der Waals surface area (Å²) >= 11 is 0. The predicted octanol–water partition coefficient (Wildman–Crippen LogP) is -0.783. The van der Waals surface area contributed by atoms with Gasteiger partial charge in [-0.3, -0.25) is 0 Å². The second-order valence-electron chi connectivity index (χ2n) is 4.57. The molecular weight excluding hydrogens is 278 g/mol. The van der Waals surface area contributed by atoms with E-state index in [0.717, 1.165) is 54.2 Å². The van der Waals surface area contributed by atoms with E-state index >= 15 is 0 Å². The lowest BCUT2D eigenvalue weighted by molar-refractivity contribution is -0.00000506. The average Bonchev–Trinajstić information content (AvgIpc) is 2.87. The molecule has 1 saturated heterocycles. The Labute approximate surface area is 122 Å². The quantitative estimate of drug-likeness (QED) is 0.588. The zero-order chi connectivity index (χ0) is 12.7. The van der Waals surface area contributed by atoms with Crippen molar-refractivity contribution in [2.45, 2.75) is 0 Å². The number of hydrogen-bond donors (Lipinski definition) is 0. The van der Waals surface area contributed by atoms with Crippen molar-refractivity contribution < 1.29 is 21.6 Å². The number of para-hydroxylation sites is 1. The Morgan fingerprint density at radius 1 is 1.05 bits per heavy atom. The van der Waals surface area contributed by atoms with Gasteiger partial charge in [-0.05, 0) is 12.1 Å². The fourth-order valence-electron chi connectivity index (χ4n) is 2.51. The number of aromatic nitrogens is 2. The van der Waals surface area contributed by atoms with Gasteiger partial charge in [0, 0.05) is 18.5 Å². The van der Waals surface area contributed by atoms with E-state index in [9.17, 15) is 0 Å². The Kier molecular flexibility index (Phi) is 3.46. The third-order valence-corrected chi connectivity index (χ3v) is 3.45. The molecule has 1 aliphatic heterocycles. The summed E-state index contributed by atoms with van der Waals surface area (Å²) in [7, 11) is 0. The minimum atomic E-state index is 0. The molecule has 6 heteroatoms. The third kappa shape index (κ3) is 1.99. The van der Waals surface area contributed by atoms with Crippen LogP contribution in [0.15, 0.2) is 35.0 Å². The Bertz CT molecular complexity index is 737. The summed E-state index contributed by atoms with van der Waals surface area (Å²) in [5.41, 5.74) is 2.50. The van der Waals surface area contributed by atoms with Crippen LogP contribution >= 0.6 is 0 Å². The van der Waals surface area contributed by atoms with Gasteiger partial charge in [-0.1, -0.05) is 12.1 Å². The Morgan fingerprint density at radius 2 is 1.85 bits per heavy atom. The van der Waals surface area contributed by atoms with Crippen LogP contribution in [-0.2, 0) is 4.74 Å². The van der Waals surface area contributed by atoms with Crippen molar-refractivity contribution in [2.24, 2.45) is 0 Å². The maximum atomic E-state index is 5.93. The van der Waals surface area contributed by atoms with Gasteiger partial charge in [-0.25, -0.2) is 9.97 Å². The molecular formula is C14H13ClN3O2-. The number of nitrogens with zero attached hydrogens (tertiary/aromatic N) is 3. The summed E-state index contributed by atoms with van der Waals surface area (Å²) in [6.45, 7) is 3.13. The molecule has 3 aromatic rings. The SMILES string of the molecule is [Cl-].c1ccc2c(c1)oc1c(N3CCOCC3)ncnc12. The highest BCUT2D eigenvalue weighted by Gasteiger charge is 2.19. The van der Waals surface area contributed by atoms with Crippen molar-refractivity contribution in [1.82, 2.24) is 9.97 Å². The largest absolute Gasteiger partial charge is 1.00 e. The van der Waals surface area contributed by atoms with E-state index in [-0.39, 0.29) is 12.4 Å². The Balaban J connectivity index is 0.00000121. The van der Waals surface area contributed by atoms with E-state index in [1.807, 2.05) is 24.3 Å². The number of ether oxygens (including phenoxy) is 1. The zero-order valence-corrected chi connectivity index (χ0v) is 11.5. The first-order valence-electron chi connectivity index (χ1n) is 6.38. The number of benzene rings is 1. The molecule has 5 nitrogen and oxygen atoms in total. The van der Waals surface area contributed by atoms with Gasteiger partial charge in [0.25, 0.3) is 0 Å². The van der Waals surface area contributed by atoms with E-state index in [1.165, 1.54) is 0 Å². The normalized spacial score (nSPS) is 15.5. The maximum Gasteiger partial charge on any atom is 0.196 e. The number of halogens is 1. The number of hydrogen-bond acceptors (Lipinski definition) is 5. The summed E-state index contributed by atoms with van der Waals surface area (Å²) in [6.07, 6.45) is 1.61. The molecule has 3 heterocycles. The van der Waals surface area contributed by atoms with Crippen molar-refractivity contribution >= 4 is 27.9 Å². The molecule has 4 rings (SSSR count). The van der Waals surface area contributed by atoms with Gasteiger partial charge >= 0.3 is 0 Å². The van der Waals surface area contributed by atoms with Crippen molar-refractivity contribution in [3.63, 3.8) is 0 Å². The molecule has 1 aromatic carbocycles. The minimum Gasteiger partial charge on any atom is -1.00 e. The molecule has 0 amide bonds. The molecule has 1 fully saturated rings. The number of furan rings is 1. The lowest BCUT2D eigenvalue weighted by atomic mass is 10.2. The van der Waals surface area contributed by atoms with Crippen LogP contribution in [0.2, 0.25) is 0 Å². The summed E-state index contributed by atoms with van der Waals surface area (Å²) in [4.78, 5) is 10.9. The highest BCUT2D eigenvalue weighted by atomic mass is 35.5. The molecule has 0 N–H and O–H groups in total. The molecule has 0 atom stereocenters. The van der Waals surface area contributed by atoms with E-state index < -0.39 is 0 Å². The molecule has 2 aromatic heterocycles. The molecule has 0 bridgehead atoms. The number of rotatable bonds is 1. The molecule has 0 saturated carbocycles. The first-order chi connectivity index (χ1) is 9.43. The average molecular weight is 291 g/mol. The van der Waals surface area contributed by atoms with Crippen LogP contribution in [0.1, 0.15) is 0 Å². The first-order valence-corrected chi connectivity index (χ1v) is 6.38. The van der Waals surface area contributed by atoms with Gasteiger partial charge in [0.2, 0.25) is 0 Å². The maximum absolute atomic E-state index is 5.93. The van der Waals surface area contributed by atoms with Gasteiger partial charge < -0.3 is 26.5 Å². The Hall–Kier alpha value is -1.85. The first kappa shape index (κ1) is 13.1. The van der Waals surface area contributed by atoms with Crippen molar-refractivity contribution in [2.75, 3.05) is 31.2 Å². The summed E-state index contributed by atoms with van der Waals surface area (Å²) in [5, 5.41) is 1.04. The smallest absolute Gasteiger partial charge is 0.196 e. The van der Waals surface area contributed by atoms with Gasteiger partial charge in [0.1, 0.15) is 17.4 Å². The minimum absolute atomic E-state index is 0. The zero-order valence-electron chi connectivity index (χ0n) is 10.8. The van der Waals surface area contributed by atoms with Crippen LogP contribution in [0, 0.1) is 0 Å². The summed E-state index contributed by atoms with van der Waals surface area (Å²) < 4.78 is 11.3. The molecule has 0 radical (unpaired) electrons. The van der Waals surface area contributed by atoms with E-state index in [0.29, 0.717) is 0 Å². The summed E-state index contributed by atoms with van der Waals surface area (Å²) in [5.74, 6) is 0.865. The van der Waals surface area contributed by atoms with E-state index in [2.05, 4.69) is 14.9 Å². The van der Waals surface area contributed by atoms with Crippen LogP contribution < -0.4 is 17.3 Å². The molecule has 1 aliphatic rings. The van der Waals surface area contributed by atoms with Gasteiger partial charge in [-0.2, -0.15) is 0 Å². The highest BCUT2D eigenvalue weighted by Crippen LogP contribution is 2.32. The van der Waals surface area contributed by atoms with Gasteiger partial charge in [0.05, 0.1) is 13.2 Å². The fourth-order valence-corrected chi connectivity index (χ4v) is 2.51. The topological polar surface area (TPSA) is 51.4 Å². The van der Waals surface area contributed by atoms with Crippen molar-refractivity contribution in [3.05, 3.63) is 30.6 Å². The molecule has 20 heavy (non-hydrogen) atoms. The number of anilines is 1. The van der Waals surface area contributed by atoms with Crippen molar-refractivity contribution in [1.29, 1.82) is 0 Å². The second-order valence-corrected chi connectivity index (χ2v) is 4.57. The van der Waals surface area contributed by atoms with Crippen LogP contribution in [0.25, 0.3) is 22.1 Å². The van der Waals surface area contributed by atoms with Crippen LogP contribution in [0.3, 0.4) is 0 Å². The fraction of sp³-hybridized carbons (Fsp3) is 0.286. The molecule has 0 aliphatic carbocycles. The lowest BCUT2D eigenvalue weighted by Crippen LogP contribution is -3.00. The van der Waals surface area contributed by atoms with Crippen molar-refractivity contribution in [3.8, 4) is 0 Å². The number of morpholine rings is 1. The van der Waals surface area contributed by atoms with Crippen LogP contribution in [0.4, 0.5) is 5.82 Å². The second kappa shape index (κ2) is 5.26. The standard InChI is InChI=1S/C14H13N3O2.ClH/c1-2-4-11-10(3-1)12-13(19-11)14(16-9-15-12)17-5-7-18-8-6-17;/h1-4,9H,5-8H2;1H/p-1. The summed E-state index contributed by atoms with van der Waals surface area (Å²) in [6, 6.07) is 7.94. The predicted molar refractivity (Wildman–Crippen MR) is 72.3 cm³/mol. The highest BCUT2D eigenvalue weighted by molar-refractivity contribution is 6.05. The van der Waals surface area contributed by atoms with E-state index in [1.54, 1.807) is 6.33 Å². The monoisotopic (exact) mass is 290 g/mol. The van der Waals surface area contributed by atoms with Crippen LogP contribution in [-0.4, -0.2) is 36.3 Å². The molecule has 0 unspecified atom stereocenters. The van der Waals surface area contributed by atoms with Gasteiger partial charge in [0.15, 0.2) is 11.4 Å². The third-order valence-electron chi connectivity index (χ3n) is 3.45. The lowest BCUT2D eigenvalue weighted by Gasteiger charge is -2.27. The van der Waals surface area contributed by atoms with Crippen LogP contribution in [0.5, 0.6) is 0 Å². The number of fused-ring (bicyclic) bond motifs is 3. The molecule has 104 valence electrons. The molecule has 0 spiro atoms. The van der Waals surface area contributed by atoms with E-state index in [4.69, 9.17) is 9.15 Å². The Morgan fingerprint density at radius 3 is 2.70 bits per heavy atom. The van der Waals surface area contributed by atoms with Gasteiger partial charge in [-0.15, -0.1) is 0 Å².